The van der Waals surface area contributed by atoms with Crippen molar-refractivity contribution < 1.29 is 0 Å². The normalized spacial score (nSPS) is 11.4. The van der Waals surface area contributed by atoms with Crippen LogP contribution in [-0.2, 0) is 5.41 Å². The number of aromatic nitrogens is 4. The molecular formula is C24H21BrN4. The molecule has 0 radical (unpaired) electrons. The molecule has 0 unspecified atom stereocenters. The minimum Gasteiger partial charge on any atom is -0.231 e. The van der Waals surface area contributed by atoms with Crippen LogP contribution in [0, 0.1) is 0 Å². The van der Waals surface area contributed by atoms with Crippen molar-refractivity contribution in [1.29, 1.82) is 0 Å². The van der Waals surface area contributed by atoms with E-state index in [1.807, 2.05) is 30.3 Å². The van der Waals surface area contributed by atoms with Gasteiger partial charge in [-0.15, -0.1) is 0 Å². The summed E-state index contributed by atoms with van der Waals surface area (Å²) < 4.78 is 0.514. The van der Waals surface area contributed by atoms with Gasteiger partial charge in [-0.2, -0.15) is 0 Å². The number of nitrogens with zero attached hydrogens (tertiary/aromatic N) is 4. The summed E-state index contributed by atoms with van der Waals surface area (Å²) in [7, 11) is 0. The molecule has 144 valence electrons. The quantitative estimate of drug-likeness (QED) is 0.346. The molecule has 0 saturated heterocycles. The molecule has 2 aromatic carbocycles. The van der Waals surface area contributed by atoms with Gasteiger partial charge in [-0.3, -0.25) is 0 Å². The van der Waals surface area contributed by atoms with Crippen molar-refractivity contribution in [3.05, 3.63) is 83.2 Å². The smallest absolute Gasteiger partial charge is 0.197 e. The van der Waals surface area contributed by atoms with E-state index in [0.29, 0.717) is 16.3 Å². The predicted molar refractivity (Wildman–Crippen MR) is 120 cm³/mol. The van der Waals surface area contributed by atoms with Gasteiger partial charge in [-0.25, -0.2) is 19.9 Å². The first-order valence-electron chi connectivity index (χ1n) is 9.44. The first-order valence-corrected chi connectivity index (χ1v) is 10.2. The highest BCUT2D eigenvalue weighted by Gasteiger charge is 2.15. The van der Waals surface area contributed by atoms with Crippen LogP contribution in [0.1, 0.15) is 26.3 Å². The lowest BCUT2D eigenvalue weighted by molar-refractivity contribution is 0.590. The maximum Gasteiger partial charge on any atom is 0.197 e. The molecule has 0 amide bonds. The van der Waals surface area contributed by atoms with Crippen LogP contribution in [0.25, 0.3) is 34.0 Å². The second-order valence-corrected chi connectivity index (χ2v) is 8.58. The first-order chi connectivity index (χ1) is 13.9. The molecule has 0 saturated carbocycles. The highest BCUT2D eigenvalue weighted by molar-refractivity contribution is 9.10. The van der Waals surface area contributed by atoms with Gasteiger partial charge in [0.1, 0.15) is 5.69 Å². The number of hydrogen-bond acceptors (Lipinski definition) is 4. The van der Waals surface area contributed by atoms with E-state index in [9.17, 15) is 0 Å². The second-order valence-electron chi connectivity index (χ2n) is 7.87. The standard InChI is InChI=1S/C24H21BrN4/c1-24(2,3)18-11-9-17(10-12-18)21-15-20(16-7-5-4-6-8-16)27-22(28-21)19-13-14-26-23(25)29-19/h4-15H,1-3H3. The summed E-state index contributed by atoms with van der Waals surface area (Å²) in [4.78, 5) is 18.1. The van der Waals surface area contributed by atoms with Crippen molar-refractivity contribution in [2.24, 2.45) is 0 Å². The summed E-state index contributed by atoms with van der Waals surface area (Å²) >= 11 is 3.34. The third kappa shape index (κ3) is 4.40. The second kappa shape index (κ2) is 7.84. The highest BCUT2D eigenvalue weighted by Crippen LogP contribution is 2.29. The van der Waals surface area contributed by atoms with Crippen molar-refractivity contribution in [3.63, 3.8) is 0 Å². The van der Waals surface area contributed by atoms with Crippen LogP contribution in [0.3, 0.4) is 0 Å². The van der Waals surface area contributed by atoms with Crippen molar-refractivity contribution >= 4 is 15.9 Å². The van der Waals surface area contributed by atoms with E-state index in [1.165, 1.54) is 5.56 Å². The van der Waals surface area contributed by atoms with Gasteiger partial charge in [0.2, 0.25) is 0 Å². The van der Waals surface area contributed by atoms with E-state index in [2.05, 4.69) is 83.1 Å². The maximum absolute atomic E-state index is 4.81. The van der Waals surface area contributed by atoms with Gasteiger partial charge in [0.05, 0.1) is 11.4 Å². The number of hydrogen-bond donors (Lipinski definition) is 0. The zero-order chi connectivity index (χ0) is 20.4. The summed E-state index contributed by atoms with van der Waals surface area (Å²) in [5.74, 6) is 0.573. The fourth-order valence-corrected chi connectivity index (χ4v) is 3.38. The fraction of sp³-hybridized carbons (Fsp3) is 0.167. The van der Waals surface area contributed by atoms with Gasteiger partial charge in [0.25, 0.3) is 0 Å². The minimum atomic E-state index is 0.109. The summed E-state index contributed by atoms with van der Waals surface area (Å²) in [6.45, 7) is 6.64. The van der Waals surface area contributed by atoms with E-state index >= 15 is 0 Å². The van der Waals surface area contributed by atoms with Crippen LogP contribution in [0.5, 0.6) is 0 Å². The molecule has 0 fully saturated rings. The summed E-state index contributed by atoms with van der Waals surface area (Å²) in [5.41, 5.74) is 5.89. The van der Waals surface area contributed by atoms with E-state index in [0.717, 1.165) is 22.5 Å². The average Bonchev–Trinajstić information content (AvgIpc) is 2.73. The Labute approximate surface area is 179 Å². The third-order valence-electron chi connectivity index (χ3n) is 4.70. The zero-order valence-electron chi connectivity index (χ0n) is 16.6. The van der Waals surface area contributed by atoms with Crippen LogP contribution < -0.4 is 0 Å². The number of rotatable bonds is 3. The molecule has 4 rings (SSSR count). The Morgan fingerprint density at radius 1 is 0.690 bits per heavy atom. The van der Waals surface area contributed by atoms with Gasteiger partial charge in [-0.1, -0.05) is 75.4 Å². The van der Waals surface area contributed by atoms with Gasteiger partial charge in [0, 0.05) is 17.3 Å². The lowest BCUT2D eigenvalue weighted by atomic mass is 9.86. The molecule has 0 N–H and O–H groups in total. The Hall–Kier alpha value is -2.92. The fourth-order valence-electron chi connectivity index (χ4n) is 3.07. The maximum atomic E-state index is 4.81. The third-order valence-corrected chi connectivity index (χ3v) is 5.08. The average molecular weight is 445 g/mol. The summed E-state index contributed by atoms with van der Waals surface area (Å²) in [6.07, 6.45) is 1.70. The summed E-state index contributed by atoms with van der Waals surface area (Å²) in [6, 6.07) is 22.5. The van der Waals surface area contributed by atoms with Gasteiger partial charge in [0.15, 0.2) is 10.6 Å². The van der Waals surface area contributed by atoms with Crippen LogP contribution in [0.2, 0.25) is 0 Å². The van der Waals surface area contributed by atoms with Gasteiger partial charge >= 0.3 is 0 Å². The Morgan fingerprint density at radius 3 is 1.90 bits per heavy atom. The Balaban J connectivity index is 1.86. The van der Waals surface area contributed by atoms with Crippen LogP contribution >= 0.6 is 15.9 Å². The molecule has 0 bridgehead atoms. The van der Waals surface area contributed by atoms with Crippen molar-refractivity contribution in [3.8, 4) is 34.0 Å². The zero-order valence-corrected chi connectivity index (χ0v) is 18.2. The van der Waals surface area contributed by atoms with Crippen molar-refractivity contribution in [1.82, 2.24) is 19.9 Å². The Morgan fingerprint density at radius 2 is 1.31 bits per heavy atom. The van der Waals surface area contributed by atoms with Crippen LogP contribution in [-0.4, -0.2) is 19.9 Å². The molecule has 4 aromatic rings. The van der Waals surface area contributed by atoms with E-state index < -0.39 is 0 Å². The Bertz CT molecular complexity index is 1130. The molecule has 4 nitrogen and oxygen atoms in total. The van der Waals surface area contributed by atoms with E-state index in [1.54, 1.807) is 6.20 Å². The SMILES string of the molecule is CC(C)(C)c1ccc(-c2cc(-c3ccccc3)nc(-c3ccnc(Br)n3)n2)cc1. The molecular weight excluding hydrogens is 424 g/mol. The predicted octanol–water partition coefficient (Wildman–Crippen LogP) is 6.33. The minimum absolute atomic E-state index is 0.109. The molecule has 0 aliphatic heterocycles. The lowest BCUT2D eigenvalue weighted by Gasteiger charge is -2.19. The van der Waals surface area contributed by atoms with Gasteiger partial charge < -0.3 is 0 Å². The molecule has 0 aliphatic carbocycles. The monoisotopic (exact) mass is 444 g/mol. The highest BCUT2D eigenvalue weighted by atomic mass is 79.9. The molecule has 0 spiro atoms. The lowest BCUT2D eigenvalue weighted by Crippen LogP contribution is -2.10. The molecule has 5 heteroatoms. The molecule has 0 atom stereocenters. The summed E-state index contributed by atoms with van der Waals surface area (Å²) in [5, 5.41) is 0. The van der Waals surface area contributed by atoms with Crippen molar-refractivity contribution in [2.75, 3.05) is 0 Å². The molecule has 2 heterocycles. The largest absolute Gasteiger partial charge is 0.231 e. The van der Waals surface area contributed by atoms with Crippen LogP contribution in [0.15, 0.2) is 77.7 Å². The number of halogens is 1. The molecule has 0 aliphatic rings. The van der Waals surface area contributed by atoms with Crippen LogP contribution in [0.4, 0.5) is 0 Å². The number of benzene rings is 2. The van der Waals surface area contributed by atoms with Crippen molar-refractivity contribution in [2.45, 2.75) is 26.2 Å². The topological polar surface area (TPSA) is 51.6 Å². The molecule has 29 heavy (non-hydrogen) atoms. The molecule has 2 aromatic heterocycles. The Kier molecular flexibility index (Phi) is 5.24. The van der Waals surface area contributed by atoms with E-state index in [4.69, 9.17) is 9.97 Å². The van der Waals surface area contributed by atoms with Gasteiger partial charge in [-0.05, 0) is 39.0 Å². The first kappa shape index (κ1) is 19.4. The van der Waals surface area contributed by atoms with E-state index in [-0.39, 0.29) is 5.41 Å².